The van der Waals surface area contributed by atoms with Crippen molar-refractivity contribution in [3.8, 4) is 0 Å². The van der Waals surface area contributed by atoms with E-state index in [-0.39, 0.29) is 19.1 Å². The van der Waals surface area contributed by atoms with Crippen molar-refractivity contribution in [2.45, 2.75) is 65.6 Å². The molecule has 0 saturated heterocycles. The zero-order valence-electron chi connectivity index (χ0n) is 24.2. The lowest BCUT2D eigenvalue weighted by atomic mass is 10.2. The molecule has 6 N–H and O–H groups in total. The summed E-state index contributed by atoms with van der Waals surface area (Å²) in [6, 6.07) is 6.21. The summed E-state index contributed by atoms with van der Waals surface area (Å²) in [5, 5.41) is 5.53. The number of nitrogens with one attached hydrogen (secondary N) is 2. The molecule has 0 aliphatic heterocycles. The number of aromatic nitrogens is 2. The summed E-state index contributed by atoms with van der Waals surface area (Å²) in [6.07, 6.45) is 2.75. The van der Waals surface area contributed by atoms with Gasteiger partial charge in [0, 0.05) is 26.2 Å². The van der Waals surface area contributed by atoms with Crippen molar-refractivity contribution in [1.29, 1.82) is 0 Å². The lowest BCUT2D eigenvalue weighted by Crippen LogP contribution is -2.41. The van der Waals surface area contributed by atoms with Crippen LogP contribution in [0.15, 0.2) is 36.7 Å². The quantitative estimate of drug-likeness (QED) is 0.315. The van der Waals surface area contributed by atoms with Crippen molar-refractivity contribution in [3.05, 3.63) is 36.7 Å². The van der Waals surface area contributed by atoms with E-state index in [1.807, 2.05) is 0 Å². The molecular formula is C27H42N8O5. The highest BCUT2D eigenvalue weighted by molar-refractivity contribution is 5.87. The van der Waals surface area contributed by atoms with Gasteiger partial charge in [0.25, 0.3) is 0 Å². The molecule has 13 nitrogen and oxygen atoms in total. The fourth-order valence-electron chi connectivity index (χ4n) is 3.29. The van der Waals surface area contributed by atoms with Gasteiger partial charge in [0.2, 0.25) is 0 Å². The molecule has 0 atom stereocenters. The van der Waals surface area contributed by atoms with Crippen LogP contribution >= 0.6 is 0 Å². The molecule has 2 rings (SSSR count). The zero-order valence-corrected chi connectivity index (χ0v) is 24.2. The number of nitrogens with two attached hydrogens (primary N) is 2. The van der Waals surface area contributed by atoms with Crippen LogP contribution in [0.4, 0.5) is 37.4 Å². The number of carbonyl (C=O) groups is 3. The molecule has 0 aromatic carbocycles. The average molecular weight is 559 g/mol. The summed E-state index contributed by atoms with van der Waals surface area (Å²) in [4.78, 5) is 49.0. The molecule has 0 aliphatic rings. The first-order valence-corrected chi connectivity index (χ1v) is 13.1. The molecule has 2 heterocycles. The monoisotopic (exact) mass is 558 g/mol. The maximum atomic E-state index is 12.7. The molecule has 220 valence electrons. The predicted molar refractivity (Wildman–Crippen MR) is 155 cm³/mol. The molecule has 40 heavy (non-hydrogen) atoms. The summed E-state index contributed by atoms with van der Waals surface area (Å²) < 4.78 is 11.0. The Hall–Kier alpha value is -4.29. The van der Waals surface area contributed by atoms with Crippen LogP contribution in [-0.4, -0.2) is 65.6 Å². The highest BCUT2D eigenvalue weighted by atomic mass is 16.6. The van der Waals surface area contributed by atoms with Gasteiger partial charge in [-0.15, -0.1) is 0 Å². The number of carbonyl (C=O) groups excluding carboxylic acids is 3. The minimum Gasteiger partial charge on any atom is -0.443 e. The Morgan fingerprint density at radius 1 is 0.725 bits per heavy atom. The second kappa shape index (κ2) is 14.2. The van der Waals surface area contributed by atoms with Gasteiger partial charge in [0.1, 0.15) is 22.8 Å². The first-order chi connectivity index (χ1) is 18.6. The van der Waals surface area contributed by atoms with Gasteiger partial charge >= 0.3 is 18.2 Å². The van der Waals surface area contributed by atoms with Crippen molar-refractivity contribution < 1.29 is 23.9 Å². The van der Waals surface area contributed by atoms with E-state index in [1.54, 1.807) is 65.8 Å². The predicted octanol–water partition coefficient (Wildman–Crippen LogP) is 3.90. The highest BCUT2D eigenvalue weighted by Gasteiger charge is 2.25. The second-order valence-electron chi connectivity index (χ2n) is 11.1. The Morgan fingerprint density at radius 2 is 1.10 bits per heavy atom. The molecule has 0 spiro atoms. The first kappa shape index (κ1) is 31.9. The van der Waals surface area contributed by atoms with E-state index in [0.717, 1.165) is 0 Å². The van der Waals surface area contributed by atoms with Crippen LogP contribution in [-0.2, 0) is 9.47 Å². The molecule has 0 fully saturated rings. The third-order valence-electron chi connectivity index (χ3n) is 5.01. The Labute approximate surface area is 235 Å². The van der Waals surface area contributed by atoms with Crippen molar-refractivity contribution in [2.75, 3.05) is 47.4 Å². The number of ether oxygens (including phenoxy) is 2. The van der Waals surface area contributed by atoms with Gasteiger partial charge in [-0.05, 0) is 78.6 Å². The highest BCUT2D eigenvalue weighted by Crippen LogP contribution is 2.19. The standard InChI is InChI=1S/C27H42N8O5/c1-26(2,3)39-24(37)34(21-11-9-19(28)17-32-21)15-7-13-30-23(36)31-14-8-16-35(25(38)40-27(4,5)6)22-12-10-20(29)18-33-22/h9-12,17-18H,7-8,13-16,28-29H2,1-6H3,(H2,30,31,36). The summed E-state index contributed by atoms with van der Waals surface area (Å²) in [5.41, 5.74) is 11.0. The van der Waals surface area contributed by atoms with E-state index < -0.39 is 23.4 Å². The largest absolute Gasteiger partial charge is 0.443 e. The van der Waals surface area contributed by atoms with Gasteiger partial charge in [0.15, 0.2) is 0 Å². The topological polar surface area (TPSA) is 178 Å². The van der Waals surface area contributed by atoms with Crippen LogP contribution in [0.1, 0.15) is 54.4 Å². The van der Waals surface area contributed by atoms with Crippen LogP contribution in [0.2, 0.25) is 0 Å². The maximum absolute atomic E-state index is 12.7. The lowest BCUT2D eigenvalue weighted by molar-refractivity contribution is 0.0568. The molecule has 13 heteroatoms. The molecule has 0 saturated carbocycles. The van der Waals surface area contributed by atoms with Gasteiger partial charge in [-0.25, -0.2) is 24.4 Å². The van der Waals surface area contributed by atoms with E-state index >= 15 is 0 Å². The Balaban J connectivity index is 1.83. The molecule has 4 amide bonds. The molecule has 2 aromatic rings. The molecular weight excluding hydrogens is 516 g/mol. The summed E-state index contributed by atoms with van der Waals surface area (Å²) in [6.45, 7) is 11.8. The van der Waals surface area contributed by atoms with Crippen LogP contribution in [0, 0.1) is 0 Å². The number of hydrogen-bond donors (Lipinski definition) is 4. The molecule has 0 radical (unpaired) electrons. The average Bonchev–Trinajstić information content (AvgIpc) is 2.83. The Kier molecular flexibility index (Phi) is 11.3. The van der Waals surface area contributed by atoms with E-state index in [9.17, 15) is 14.4 Å². The van der Waals surface area contributed by atoms with Crippen LogP contribution in [0.5, 0.6) is 0 Å². The maximum Gasteiger partial charge on any atom is 0.416 e. The number of nitrogen functional groups attached to an aromatic ring is 2. The molecule has 0 aliphatic carbocycles. The van der Waals surface area contributed by atoms with Gasteiger partial charge in [0.05, 0.1) is 23.8 Å². The van der Waals surface area contributed by atoms with E-state index in [4.69, 9.17) is 20.9 Å². The number of nitrogens with zero attached hydrogens (tertiary/aromatic N) is 4. The SMILES string of the molecule is CC(C)(C)OC(=O)N(CCCNC(=O)NCCCN(C(=O)OC(C)(C)C)c1ccc(N)cn1)c1ccc(N)cn1. The smallest absolute Gasteiger partial charge is 0.416 e. The van der Waals surface area contributed by atoms with Crippen LogP contribution < -0.4 is 31.9 Å². The fourth-order valence-corrected chi connectivity index (χ4v) is 3.29. The third-order valence-corrected chi connectivity index (χ3v) is 5.01. The van der Waals surface area contributed by atoms with E-state index in [0.29, 0.717) is 48.9 Å². The zero-order chi connectivity index (χ0) is 29.9. The fraction of sp³-hybridized carbons (Fsp3) is 0.519. The minimum atomic E-state index is -0.676. The van der Waals surface area contributed by atoms with Crippen molar-refractivity contribution >= 4 is 41.2 Å². The summed E-state index contributed by atoms with van der Waals surface area (Å²) in [7, 11) is 0. The van der Waals surface area contributed by atoms with E-state index in [1.165, 1.54) is 22.2 Å². The normalized spacial score (nSPS) is 11.3. The second-order valence-corrected chi connectivity index (χ2v) is 11.1. The number of urea groups is 1. The number of rotatable bonds is 10. The van der Waals surface area contributed by atoms with Gasteiger partial charge in [-0.1, -0.05) is 0 Å². The lowest BCUT2D eigenvalue weighted by Gasteiger charge is -2.27. The number of anilines is 4. The van der Waals surface area contributed by atoms with Gasteiger partial charge in [-0.3, -0.25) is 9.80 Å². The molecule has 0 unspecified atom stereocenters. The van der Waals surface area contributed by atoms with Gasteiger partial charge < -0.3 is 31.6 Å². The van der Waals surface area contributed by atoms with Crippen molar-refractivity contribution in [3.63, 3.8) is 0 Å². The number of amides is 4. The Bertz CT molecular complexity index is 1020. The van der Waals surface area contributed by atoms with Crippen molar-refractivity contribution in [1.82, 2.24) is 20.6 Å². The Morgan fingerprint density at radius 3 is 1.40 bits per heavy atom. The van der Waals surface area contributed by atoms with Crippen LogP contribution in [0.25, 0.3) is 0 Å². The van der Waals surface area contributed by atoms with E-state index in [2.05, 4.69) is 20.6 Å². The van der Waals surface area contributed by atoms with Crippen LogP contribution in [0.3, 0.4) is 0 Å². The van der Waals surface area contributed by atoms with Gasteiger partial charge in [-0.2, -0.15) is 0 Å². The number of hydrogen-bond acceptors (Lipinski definition) is 9. The first-order valence-electron chi connectivity index (χ1n) is 13.1. The summed E-state index contributed by atoms with van der Waals surface area (Å²) >= 11 is 0. The van der Waals surface area contributed by atoms with Crippen molar-refractivity contribution in [2.24, 2.45) is 0 Å². The minimum absolute atomic E-state index is 0.269. The molecule has 0 bridgehead atoms. The molecule has 2 aromatic heterocycles. The third kappa shape index (κ3) is 11.6. The summed E-state index contributed by atoms with van der Waals surface area (Å²) in [5.74, 6) is 0.802. The number of pyridine rings is 2.